The van der Waals surface area contributed by atoms with Gasteiger partial charge >= 0.3 is 5.97 Å². The van der Waals surface area contributed by atoms with Gasteiger partial charge in [-0.1, -0.05) is 98.3 Å². The Morgan fingerprint density at radius 1 is 1.04 bits per heavy atom. The van der Waals surface area contributed by atoms with E-state index in [-0.39, 0.29) is 5.97 Å². The lowest BCUT2D eigenvalue weighted by Crippen LogP contribution is -2.38. The zero-order valence-corrected chi connectivity index (χ0v) is 16.8. The molecule has 0 bridgehead atoms. The molecule has 0 fully saturated rings. The van der Waals surface area contributed by atoms with Gasteiger partial charge in [-0.15, -0.1) is 0 Å². The van der Waals surface area contributed by atoms with Crippen LogP contribution in [0.25, 0.3) is 0 Å². The molecule has 0 spiro atoms. The molecule has 1 atom stereocenters. The maximum atomic E-state index is 13.0. The molecule has 2 aromatic carbocycles. The van der Waals surface area contributed by atoms with Crippen LogP contribution in [0.4, 0.5) is 0 Å². The second kappa shape index (κ2) is 8.83. The van der Waals surface area contributed by atoms with Crippen LogP contribution < -0.4 is 0 Å². The highest BCUT2D eigenvalue weighted by atomic mass is 16.5. The van der Waals surface area contributed by atoms with E-state index < -0.39 is 11.5 Å². The van der Waals surface area contributed by atoms with Gasteiger partial charge in [0.25, 0.3) is 0 Å². The molecule has 0 N–H and O–H groups in total. The fourth-order valence-corrected chi connectivity index (χ4v) is 3.47. The number of benzene rings is 2. The first-order valence-corrected chi connectivity index (χ1v) is 9.75. The monoisotopic (exact) mass is 373 g/mol. The van der Waals surface area contributed by atoms with E-state index in [1.54, 1.807) is 0 Å². The molecule has 0 saturated carbocycles. The molecule has 0 aliphatic heterocycles. The van der Waals surface area contributed by atoms with E-state index in [0.29, 0.717) is 6.61 Å². The lowest BCUT2D eigenvalue weighted by molar-refractivity contribution is -0.146. The molecule has 0 unspecified atom stereocenters. The van der Waals surface area contributed by atoms with Crippen molar-refractivity contribution in [1.82, 2.24) is 0 Å². The fourth-order valence-electron chi connectivity index (χ4n) is 3.47. The van der Waals surface area contributed by atoms with E-state index in [4.69, 9.17) is 9.73 Å². The molecule has 0 saturated heterocycles. The van der Waals surface area contributed by atoms with Gasteiger partial charge in [-0.25, -0.2) is 4.79 Å². The highest BCUT2D eigenvalue weighted by Crippen LogP contribution is 2.38. The van der Waals surface area contributed by atoms with Gasteiger partial charge in [-0.3, -0.25) is 4.99 Å². The molecule has 0 heterocycles. The van der Waals surface area contributed by atoms with Crippen LogP contribution in [0.3, 0.4) is 0 Å². The second-order valence-electron chi connectivity index (χ2n) is 7.41. The van der Waals surface area contributed by atoms with Crippen molar-refractivity contribution in [3.63, 3.8) is 0 Å². The Bertz CT molecular complexity index is 851. The Balaban J connectivity index is 2.12. The summed E-state index contributed by atoms with van der Waals surface area (Å²) < 4.78 is 5.43. The summed E-state index contributed by atoms with van der Waals surface area (Å²) in [4.78, 5) is 18.0. The largest absolute Gasteiger partial charge is 0.464 e. The first-order valence-electron chi connectivity index (χ1n) is 9.75. The molecule has 0 radical (unpaired) electrons. The molecule has 3 rings (SSSR count). The standard InChI is InChI=1S/C25H27NO2/c1-4-28-24(27)23(25(2,3)21-17-11-12-18-21)26-22(19-13-7-5-8-14-19)20-15-9-6-10-16-20/h5-17,23H,4,18H2,1-3H3/t23-/m0/s1. The summed E-state index contributed by atoms with van der Waals surface area (Å²) in [5, 5.41) is 0. The summed E-state index contributed by atoms with van der Waals surface area (Å²) in [6.45, 7) is 6.32. The van der Waals surface area contributed by atoms with Gasteiger partial charge in [0, 0.05) is 16.5 Å². The van der Waals surface area contributed by atoms with Crippen molar-refractivity contribution in [2.45, 2.75) is 33.2 Å². The minimum atomic E-state index is -0.631. The maximum absolute atomic E-state index is 13.0. The Hall–Kier alpha value is -2.94. The average Bonchev–Trinajstić information content (AvgIpc) is 3.26. The van der Waals surface area contributed by atoms with Crippen molar-refractivity contribution < 1.29 is 9.53 Å². The molecular formula is C25H27NO2. The normalized spacial score (nSPS) is 14.3. The quantitative estimate of drug-likeness (QED) is 0.483. The smallest absolute Gasteiger partial charge is 0.331 e. The first kappa shape index (κ1) is 19.8. The van der Waals surface area contributed by atoms with Crippen LogP contribution >= 0.6 is 0 Å². The fraction of sp³-hybridized carbons (Fsp3) is 0.280. The molecule has 2 aromatic rings. The number of nitrogens with zero attached hydrogens (tertiary/aromatic N) is 1. The minimum absolute atomic E-state index is 0.287. The van der Waals surface area contributed by atoms with Gasteiger partial charge in [-0.05, 0) is 13.3 Å². The molecule has 1 aliphatic carbocycles. The van der Waals surface area contributed by atoms with Gasteiger partial charge in [-0.2, -0.15) is 0 Å². The number of carbonyl (C=O) groups is 1. The minimum Gasteiger partial charge on any atom is -0.464 e. The average molecular weight is 373 g/mol. The molecular weight excluding hydrogens is 346 g/mol. The van der Waals surface area contributed by atoms with Crippen molar-refractivity contribution in [3.05, 3.63) is 95.6 Å². The third kappa shape index (κ3) is 4.30. The number of aliphatic imine (C=N–C) groups is 1. The number of hydrogen-bond acceptors (Lipinski definition) is 3. The Kier molecular flexibility index (Phi) is 6.25. The van der Waals surface area contributed by atoms with Crippen LogP contribution in [-0.2, 0) is 9.53 Å². The summed E-state index contributed by atoms with van der Waals surface area (Å²) >= 11 is 0. The SMILES string of the molecule is CCOC(=O)[C@H](N=C(c1ccccc1)c1ccccc1)C(C)(C)C1=CC=CC1. The van der Waals surface area contributed by atoms with Crippen LogP contribution in [0, 0.1) is 5.41 Å². The number of rotatable bonds is 7. The number of hydrogen-bond donors (Lipinski definition) is 0. The topological polar surface area (TPSA) is 38.7 Å². The van der Waals surface area contributed by atoms with Gasteiger partial charge in [0.2, 0.25) is 0 Å². The van der Waals surface area contributed by atoms with Gasteiger partial charge in [0.1, 0.15) is 0 Å². The van der Waals surface area contributed by atoms with E-state index in [1.807, 2.05) is 73.7 Å². The zero-order chi connectivity index (χ0) is 20.0. The van der Waals surface area contributed by atoms with Crippen LogP contribution in [0.5, 0.6) is 0 Å². The maximum Gasteiger partial charge on any atom is 0.331 e. The first-order chi connectivity index (χ1) is 13.5. The van der Waals surface area contributed by atoms with Crippen molar-refractivity contribution in [2.24, 2.45) is 10.4 Å². The molecule has 0 aromatic heterocycles. The van der Waals surface area contributed by atoms with Gasteiger partial charge in [0.15, 0.2) is 6.04 Å². The molecule has 1 aliphatic rings. The summed E-state index contributed by atoms with van der Waals surface area (Å²) in [6, 6.07) is 19.4. The van der Waals surface area contributed by atoms with Crippen molar-refractivity contribution in [1.29, 1.82) is 0 Å². The van der Waals surface area contributed by atoms with Crippen LogP contribution in [0.2, 0.25) is 0 Å². The van der Waals surface area contributed by atoms with Crippen LogP contribution in [0.15, 0.2) is 89.5 Å². The van der Waals surface area contributed by atoms with Crippen LogP contribution in [0.1, 0.15) is 38.3 Å². The second-order valence-corrected chi connectivity index (χ2v) is 7.41. The third-order valence-corrected chi connectivity index (χ3v) is 5.14. The zero-order valence-electron chi connectivity index (χ0n) is 16.8. The number of allylic oxidation sites excluding steroid dienone is 3. The summed E-state index contributed by atoms with van der Waals surface area (Å²) in [5.41, 5.74) is 3.51. The predicted molar refractivity (Wildman–Crippen MR) is 115 cm³/mol. The van der Waals surface area contributed by atoms with E-state index in [0.717, 1.165) is 23.3 Å². The molecule has 0 amide bonds. The number of carbonyl (C=O) groups excluding carboxylic acids is 1. The number of ether oxygens (including phenoxy) is 1. The van der Waals surface area contributed by atoms with E-state index in [1.165, 1.54) is 5.57 Å². The Morgan fingerprint density at radius 3 is 2.07 bits per heavy atom. The van der Waals surface area contributed by atoms with E-state index in [9.17, 15) is 4.79 Å². The van der Waals surface area contributed by atoms with Gasteiger partial charge < -0.3 is 4.74 Å². The van der Waals surface area contributed by atoms with Crippen LogP contribution in [-0.4, -0.2) is 24.3 Å². The van der Waals surface area contributed by atoms with Gasteiger partial charge in [0.05, 0.1) is 12.3 Å². The highest BCUT2D eigenvalue weighted by molar-refractivity contribution is 6.13. The molecule has 144 valence electrons. The summed E-state index contributed by atoms with van der Waals surface area (Å²) in [5.74, 6) is -0.287. The Morgan fingerprint density at radius 2 is 1.61 bits per heavy atom. The lowest BCUT2D eigenvalue weighted by Gasteiger charge is -2.32. The van der Waals surface area contributed by atoms with Crippen molar-refractivity contribution >= 4 is 11.7 Å². The Labute approximate surface area is 167 Å². The number of esters is 1. The summed E-state index contributed by atoms with van der Waals surface area (Å²) in [7, 11) is 0. The van der Waals surface area contributed by atoms with Crippen molar-refractivity contribution in [3.8, 4) is 0 Å². The lowest BCUT2D eigenvalue weighted by atomic mass is 9.76. The highest BCUT2D eigenvalue weighted by Gasteiger charge is 2.39. The molecule has 3 nitrogen and oxygen atoms in total. The molecule has 28 heavy (non-hydrogen) atoms. The van der Waals surface area contributed by atoms with E-state index >= 15 is 0 Å². The van der Waals surface area contributed by atoms with E-state index in [2.05, 4.69) is 26.0 Å². The summed E-state index contributed by atoms with van der Waals surface area (Å²) in [6.07, 6.45) is 7.08. The third-order valence-electron chi connectivity index (χ3n) is 5.14. The predicted octanol–water partition coefficient (Wildman–Crippen LogP) is 5.37. The van der Waals surface area contributed by atoms with Crippen molar-refractivity contribution in [2.75, 3.05) is 6.61 Å². The molecule has 3 heteroatoms.